The second kappa shape index (κ2) is 6.53. The van der Waals surface area contributed by atoms with E-state index in [-0.39, 0.29) is 0 Å². The molecule has 3 rings (SSSR count). The van der Waals surface area contributed by atoms with Crippen LogP contribution in [0.2, 0.25) is 0 Å². The summed E-state index contributed by atoms with van der Waals surface area (Å²) in [6.07, 6.45) is 3.55. The Morgan fingerprint density at radius 2 is 1.86 bits per heavy atom. The van der Waals surface area contributed by atoms with Gasteiger partial charge in [-0.05, 0) is 48.6 Å². The van der Waals surface area contributed by atoms with Crippen LogP contribution >= 0.6 is 0 Å². The standard InChI is InChI=1S/C20H25NO/c1-3-6-15(2)21-14-13-16-7-4-5-8-19(16)20(21)17-9-11-18(22)12-10-17/h4-5,7-12,15,20,22H,3,6,13-14H2,1-2H3. The summed E-state index contributed by atoms with van der Waals surface area (Å²) in [4.78, 5) is 2.62. The van der Waals surface area contributed by atoms with Gasteiger partial charge in [-0.1, -0.05) is 49.7 Å². The Morgan fingerprint density at radius 1 is 1.14 bits per heavy atom. The molecule has 0 saturated heterocycles. The lowest BCUT2D eigenvalue weighted by molar-refractivity contribution is 0.148. The number of phenolic OH excluding ortho intramolecular Hbond substituents is 1. The largest absolute Gasteiger partial charge is 0.508 e. The fraction of sp³-hybridized carbons (Fsp3) is 0.400. The summed E-state index contributed by atoms with van der Waals surface area (Å²) < 4.78 is 0. The molecule has 2 atom stereocenters. The van der Waals surface area contributed by atoms with Gasteiger partial charge in [-0.25, -0.2) is 0 Å². The van der Waals surface area contributed by atoms with Crippen LogP contribution < -0.4 is 0 Å². The molecule has 2 aromatic rings. The van der Waals surface area contributed by atoms with Gasteiger partial charge in [0.2, 0.25) is 0 Å². The molecule has 1 aliphatic heterocycles. The van der Waals surface area contributed by atoms with Gasteiger partial charge in [0, 0.05) is 12.6 Å². The molecule has 2 nitrogen and oxygen atoms in total. The third-order valence-electron chi connectivity index (χ3n) is 4.80. The monoisotopic (exact) mass is 295 g/mol. The highest BCUT2D eigenvalue weighted by Gasteiger charge is 2.31. The molecule has 0 saturated carbocycles. The highest BCUT2D eigenvalue weighted by Crippen LogP contribution is 2.37. The van der Waals surface area contributed by atoms with Gasteiger partial charge in [0.25, 0.3) is 0 Å². The summed E-state index contributed by atoms with van der Waals surface area (Å²) in [5.74, 6) is 0.334. The van der Waals surface area contributed by atoms with Crippen molar-refractivity contribution >= 4 is 0 Å². The number of rotatable bonds is 4. The molecule has 2 aromatic carbocycles. The quantitative estimate of drug-likeness (QED) is 0.896. The number of fused-ring (bicyclic) bond motifs is 1. The molecule has 22 heavy (non-hydrogen) atoms. The molecule has 0 aromatic heterocycles. The number of hydrogen-bond donors (Lipinski definition) is 1. The molecule has 1 aliphatic rings. The van der Waals surface area contributed by atoms with E-state index in [9.17, 15) is 5.11 Å². The zero-order valence-electron chi connectivity index (χ0n) is 13.5. The fourth-order valence-electron chi connectivity index (χ4n) is 3.67. The molecule has 0 amide bonds. The van der Waals surface area contributed by atoms with Crippen LogP contribution in [0.3, 0.4) is 0 Å². The number of aromatic hydroxyl groups is 1. The van der Waals surface area contributed by atoms with Crippen LogP contribution in [0.25, 0.3) is 0 Å². The third kappa shape index (κ3) is 2.89. The average molecular weight is 295 g/mol. The van der Waals surface area contributed by atoms with Crippen molar-refractivity contribution in [2.24, 2.45) is 0 Å². The second-order valence-electron chi connectivity index (χ2n) is 6.32. The van der Waals surface area contributed by atoms with E-state index in [1.165, 1.54) is 29.5 Å². The molecule has 2 unspecified atom stereocenters. The molecule has 0 fully saturated rings. The highest BCUT2D eigenvalue weighted by molar-refractivity contribution is 5.41. The van der Waals surface area contributed by atoms with E-state index in [4.69, 9.17) is 0 Å². The maximum Gasteiger partial charge on any atom is 0.115 e. The van der Waals surface area contributed by atoms with Crippen LogP contribution in [-0.4, -0.2) is 22.6 Å². The van der Waals surface area contributed by atoms with Crippen LogP contribution in [0.4, 0.5) is 0 Å². The zero-order valence-corrected chi connectivity index (χ0v) is 13.5. The number of hydrogen-bond acceptors (Lipinski definition) is 2. The Bertz CT molecular complexity index is 620. The first-order valence-electron chi connectivity index (χ1n) is 8.33. The van der Waals surface area contributed by atoms with E-state index in [2.05, 4.69) is 55.1 Å². The maximum atomic E-state index is 9.60. The maximum absolute atomic E-state index is 9.60. The lowest BCUT2D eigenvalue weighted by atomic mass is 9.87. The minimum absolute atomic E-state index is 0.298. The number of phenols is 1. The van der Waals surface area contributed by atoms with Crippen molar-refractivity contribution in [1.29, 1.82) is 0 Å². The Morgan fingerprint density at radius 3 is 2.59 bits per heavy atom. The van der Waals surface area contributed by atoms with E-state index in [0.29, 0.717) is 17.8 Å². The van der Waals surface area contributed by atoms with Gasteiger partial charge in [0.15, 0.2) is 0 Å². The topological polar surface area (TPSA) is 23.5 Å². The first kappa shape index (κ1) is 15.1. The van der Waals surface area contributed by atoms with Crippen LogP contribution in [-0.2, 0) is 6.42 Å². The molecule has 0 spiro atoms. The van der Waals surface area contributed by atoms with Crippen molar-refractivity contribution in [2.45, 2.75) is 45.2 Å². The van der Waals surface area contributed by atoms with Crippen molar-refractivity contribution in [1.82, 2.24) is 4.90 Å². The first-order valence-corrected chi connectivity index (χ1v) is 8.33. The van der Waals surface area contributed by atoms with E-state index in [1.54, 1.807) is 12.1 Å². The van der Waals surface area contributed by atoms with Crippen LogP contribution in [0.1, 0.15) is 49.4 Å². The normalized spacial score (nSPS) is 19.6. The fourth-order valence-corrected chi connectivity index (χ4v) is 3.67. The number of benzene rings is 2. The van der Waals surface area contributed by atoms with Crippen LogP contribution in [0.15, 0.2) is 48.5 Å². The molecule has 0 bridgehead atoms. The van der Waals surface area contributed by atoms with Gasteiger partial charge < -0.3 is 5.11 Å². The number of nitrogens with zero attached hydrogens (tertiary/aromatic N) is 1. The summed E-state index contributed by atoms with van der Waals surface area (Å²) >= 11 is 0. The molecule has 116 valence electrons. The summed E-state index contributed by atoms with van der Waals surface area (Å²) in [5.41, 5.74) is 4.15. The van der Waals surface area contributed by atoms with Gasteiger partial charge in [-0.15, -0.1) is 0 Å². The van der Waals surface area contributed by atoms with Crippen molar-refractivity contribution < 1.29 is 5.11 Å². The first-order chi connectivity index (χ1) is 10.7. The lowest BCUT2D eigenvalue weighted by Crippen LogP contribution is -2.41. The Labute approximate surface area is 133 Å². The Balaban J connectivity index is 2.03. The SMILES string of the molecule is CCCC(C)N1CCc2ccccc2C1c1ccc(O)cc1. The van der Waals surface area contributed by atoms with Crippen LogP contribution in [0.5, 0.6) is 5.75 Å². The summed E-state index contributed by atoms with van der Waals surface area (Å²) in [6, 6.07) is 17.4. The van der Waals surface area contributed by atoms with Gasteiger partial charge in [-0.3, -0.25) is 4.90 Å². The van der Waals surface area contributed by atoms with E-state index in [0.717, 1.165) is 13.0 Å². The molecule has 0 aliphatic carbocycles. The van der Waals surface area contributed by atoms with E-state index >= 15 is 0 Å². The average Bonchev–Trinajstić information content (AvgIpc) is 2.55. The summed E-state index contributed by atoms with van der Waals surface area (Å²) in [5, 5.41) is 9.60. The summed E-state index contributed by atoms with van der Waals surface area (Å²) in [7, 11) is 0. The molecular formula is C20H25NO. The second-order valence-corrected chi connectivity index (χ2v) is 6.32. The van der Waals surface area contributed by atoms with Gasteiger partial charge in [0.1, 0.15) is 5.75 Å². The molecule has 0 radical (unpaired) electrons. The predicted molar refractivity (Wildman–Crippen MR) is 91.2 cm³/mol. The lowest BCUT2D eigenvalue weighted by Gasteiger charge is -2.41. The molecule has 1 N–H and O–H groups in total. The van der Waals surface area contributed by atoms with Crippen molar-refractivity contribution in [3.8, 4) is 5.75 Å². The highest BCUT2D eigenvalue weighted by atomic mass is 16.3. The van der Waals surface area contributed by atoms with E-state index < -0.39 is 0 Å². The predicted octanol–water partition coefficient (Wildman–Crippen LogP) is 4.53. The Kier molecular flexibility index (Phi) is 4.49. The van der Waals surface area contributed by atoms with Crippen molar-refractivity contribution in [3.05, 3.63) is 65.2 Å². The van der Waals surface area contributed by atoms with E-state index in [1.807, 2.05) is 0 Å². The zero-order chi connectivity index (χ0) is 15.5. The molecular weight excluding hydrogens is 270 g/mol. The van der Waals surface area contributed by atoms with Crippen LogP contribution in [0, 0.1) is 0 Å². The smallest absolute Gasteiger partial charge is 0.115 e. The third-order valence-corrected chi connectivity index (χ3v) is 4.80. The molecule has 1 heterocycles. The molecule has 2 heteroatoms. The minimum atomic E-state index is 0.298. The van der Waals surface area contributed by atoms with Gasteiger partial charge >= 0.3 is 0 Å². The van der Waals surface area contributed by atoms with Crippen molar-refractivity contribution in [2.75, 3.05) is 6.54 Å². The van der Waals surface area contributed by atoms with Gasteiger partial charge in [-0.2, -0.15) is 0 Å². The Hall–Kier alpha value is -1.80. The van der Waals surface area contributed by atoms with Crippen molar-refractivity contribution in [3.63, 3.8) is 0 Å². The minimum Gasteiger partial charge on any atom is -0.508 e. The van der Waals surface area contributed by atoms with Gasteiger partial charge in [0.05, 0.1) is 6.04 Å². The summed E-state index contributed by atoms with van der Waals surface area (Å²) in [6.45, 7) is 5.69.